The van der Waals surface area contributed by atoms with Gasteiger partial charge in [0.1, 0.15) is 0 Å². The molecule has 2 aromatic heterocycles. The molecule has 0 atom stereocenters. The molecule has 0 N–H and O–H groups in total. The second-order valence-electron chi connectivity index (χ2n) is 8.18. The zero-order valence-corrected chi connectivity index (χ0v) is 18.9. The largest absolute Gasteiger partial charge is 0.313 e. The van der Waals surface area contributed by atoms with Gasteiger partial charge < -0.3 is 9.30 Å². The minimum atomic E-state index is 0.120. The van der Waals surface area contributed by atoms with Gasteiger partial charge in [0.2, 0.25) is 5.78 Å². The van der Waals surface area contributed by atoms with Crippen LogP contribution in [0.3, 0.4) is 0 Å². The lowest BCUT2D eigenvalue weighted by atomic mass is 10.00. The van der Waals surface area contributed by atoms with Gasteiger partial charge in [0.15, 0.2) is 0 Å². The van der Waals surface area contributed by atoms with Crippen LogP contribution in [0.5, 0.6) is 0 Å². The van der Waals surface area contributed by atoms with Crippen LogP contribution in [0.2, 0.25) is 0 Å². The molecule has 0 aliphatic carbocycles. The van der Waals surface area contributed by atoms with Crippen molar-refractivity contribution in [2.45, 2.75) is 59.3 Å². The molecule has 3 rings (SSSR count). The Labute approximate surface area is 181 Å². The normalized spacial score (nSPS) is 11.5. The Hall–Kier alpha value is -2.39. The summed E-state index contributed by atoms with van der Waals surface area (Å²) in [6, 6.07) is 16.5. The number of carbonyl (C=O) groups is 1. The van der Waals surface area contributed by atoms with E-state index in [4.69, 9.17) is 0 Å². The van der Waals surface area contributed by atoms with E-state index in [1.807, 2.05) is 34.9 Å². The summed E-state index contributed by atoms with van der Waals surface area (Å²) in [5, 5.41) is 0. The SMILES string of the molecule is CCCc1cc2ccccn2c1C(=O)c1ccc(CCCCN(CC)CCC)cc1. The Balaban J connectivity index is 1.66. The van der Waals surface area contributed by atoms with Crippen LogP contribution in [0.25, 0.3) is 5.52 Å². The number of hydrogen-bond donors (Lipinski definition) is 0. The number of nitrogens with zero attached hydrogens (tertiary/aromatic N) is 2. The van der Waals surface area contributed by atoms with Gasteiger partial charge in [-0.25, -0.2) is 0 Å². The molecule has 3 nitrogen and oxygen atoms in total. The van der Waals surface area contributed by atoms with Crippen molar-refractivity contribution in [2.75, 3.05) is 19.6 Å². The zero-order chi connectivity index (χ0) is 21.3. The molecule has 0 radical (unpaired) electrons. The quantitative estimate of drug-likeness (QED) is 0.266. The number of ketones is 1. The molecule has 0 aliphatic heterocycles. The Morgan fingerprint density at radius 1 is 0.900 bits per heavy atom. The number of aryl methyl sites for hydroxylation is 2. The van der Waals surface area contributed by atoms with Crippen molar-refractivity contribution in [3.63, 3.8) is 0 Å². The average molecular weight is 405 g/mol. The third-order valence-corrected chi connectivity index (χ3v) is 5.89. The molecule has 1 aromatic carbocycles. The maximum absolute atomic E-state index is 13.3. The van der Waals surface area contributed by atoms with E-state index in [0.29, 0.717) is 0 Å². The Morgan fingerprint density at radius 2 is 1.70 bits per heavy atom. The number of fused-ring (bicyclic) bond motifs is 1. The molecule has 0 spiro atoms. The van der Waals surface area contributed by atoms with E-state index in [1.165, 1.54) is 37.9 Å². The van der Waals surface area contributed by atoms with Crippen LogP contribution >= 0.6 is 0 Å². The monoisotopic (exact) mass is 404 g/mol. The third-order valence-electron chi connectivity index (χ3n) is 5.89. The molecule has 2 heterocycles. The van der Waals surface area contributed by atoms with Gasteiger partial charge in [-0.15, -0.1) is 0 Å². The highest BCUT2D eigenvalue weighted by atomic mass is 16.1. The van der Waals surface area contributed by atoms with E-state index in [9.17, 15) is 4.79 Å². The highest BCUT2D eigenvalue weighted by Crippen LogP contribution is 2.22. The summed E-state index contributed by atoms with van der Waals surface area (Å²) < 4.78 is 2.04. The molecule has 160 valence electrons. The molecular weight excluding hydrogens is 368 g/mol. The second kappa shape index (κ2) is 11.1. The van der Waals surface area contributed by atoms with Crippen LogP contribution in [0.1, 0.15) is 73.6 Å². The maximum Gasteiger partial charge on any atom is 0.210 e. The summed E-state index contributed by atoms with van der Waals surface area (Å²) in [4.78, 5) is 15.9. The first kappa shape index (κ1) is 22.3. The highest BCUT2D eigenvalue weighted by Gasteiger charge is 2.18. The van der Waals surface area contributed by atoms with Gasteiger partial charge in [0.05, 0.1) is 5.69 Å². The van der Waals surface area contributed by atoms with Crippen molar-refractivity contribution >= 4 is 11.3 Å². The van der Waals surface area contributed by atoms with Crippen molar-refractivity contribution in [3.05, 3.63) is 77.1 Å². The lowest BCUT2D eigenvalue weighted by molar-refractivity contribution is 0.103. The topological polar surface area (TPSA) is 24.7 Å². The maximum atomic E-state index is 13.3. The minimum absolute atomic E-state index is 0.120. The fourth-order valence-corrected chi connectivity index (χ4v) is 4.26. The van der Waals surface area contributed by atoms with Crippen LogP contribution in [-0.4, -0.2) is 34.7 Å². The van der Waals surface area contributed by atoms with E-state index in [1.54, 1.807) is 0 Å². The Kier molecular flexibility index (Phi) is 8.27. The Morgan fingerprint density at radius 3 is 2.40 bits per heavy atom. The van der Waals surface area contributed by atoms with E-state index in [0.717, 1.165) is 48.1 Å². The summed E-state index contributed by atoms with van der Waals surface area (Å²) in [5.74, 6) is 0.120. The van der Waals surface area contributed by atoms with Gasteiger partial charge in [-0.1, -0.05) is 57.5 Å². The van der Waals surface area contributed by atoms with E-state index in [-0.39, 0.29) is 5.78 Å². The molecular formula is C27H36N2O. The van der Waals surface area contributed by atoms with Gasteiger partial charge in [-0.05, 0) is 81.1 Å². The van der Waals surface area contributed by atoms with Crippen molar-refractivity contribution in [1.29, 1.82) is 0 Å². The number of unbranched alkanes of at least 4 members (excludes halogenated alkanes) is 1. The number of aromatic nitrogens is 1. The molecule has 0 aliphatic rings. The number of pyridine rings is 1. The van der Waals surface area contributed by atoms with Crippen molar-refractivity contribution < 1.29 is 4.79 Å². The molecule has 0 saturated carbocycles. The fraction of sp³-hybridized carbons (Fsp3) is 0.444. The fourth-order valence-electron chi connectivity index (χ4n) is 4.26. The molecule has 0 amide bonds. The summed E-state index contributed by atoms with van der Waals surface area (Å²) in [7, 11) is 0. The first-order chi connectivity index (χ1) is 14.7. The Bertz CT molecular complexity index is 939. The van der Waals surface area contributed by atoms with Gasteiger partial charge in [0.25, 0.3) is 0 Å². The van der Waals surface area contributed by atoms with Gasteiger partial charge >= 0.3 is 0 Å². The first-order valence-electron chi connectivity index (χ1n) is 11.6. The predicted molar refractivity (Wildman–Crippen MR) is 127 cm³/mol. The van der Waals surface area contributed by atoms with Crippen LogP contribution in [0.15, 0.2) is 54.7 Å². The summed E-state index contributed by atoms with van der Waals surface area (Å²) in [6.45, 7) is 10.2. The predicted octanol–water partition coefficient (Wildman–Crippen LogP) is 6.18. The standard InChI is InChI=1S/C27H36N2O/c1-4-11-24-21-25-13-8-10-20-29(25)26(24)27(30)23-16-14-22(15-17-23)12-7-9-19-28(6-3)18-5-2/h8,10,13-17,20-21H,4-7,9,11-12,18-19H2,1-3H3. The van der Waals surface area contributed by atoms with Crippen molar-refractivity contribution in [1.82, 2.24) is 9.30 Å². The average Bonchev–Trinajstić information content (AvgIpc) is 3.14. The number of rotatable bonds is 12. The molecule has 0 bridgehead atoms. The van der Waals surface area contributed by atoms with Crippen LogP contribution < -0.4 is 0 Å². The molecule has 0 unspecified atom stereocenters. The molecule has 3 heteroatoms. The van der Waals surface area contributed by atoms with Crippen molar-refractivity contribution in [3.8, 4) is 0 Å². The third kappa shape index (κ3) is 5.40. The number of carbonyl (C=O) groups excluding carboxylic acids is 1. The van der Waals surface area contributed by atoms with E-state index >= 15 is 0 Å². The van der Waals surface area contributed by atoms with E-state index < -0.39 is 0 Å². The van der Waals surface area contributed by atoms with Gasteiger partial charge in [0, 0.05) is 17.3 Å². The lowest BCUT2D eigenvalue weighted by Crippen LogP contribution is -2.25. The van der Waals surface area contributed by atoms with Crippen LogP contribution in [-0.2, 0) is 12.8 Å². The zero-order valence-electron chi connectivity index (χ0n) is 18.9. The number of hydrogen-bond acceptors (Lipinski definition) is 2. The van der Waals surface area contributed by atoms with Crippen molar-refractivity contribution in [2.24, 2.45) is 0 Å². The van der Waals surface area contributed by atoms with Crippen LogP contribution in [0.4, 0.5) is 0 Å². The minimum Gasteiger partial charge on any atom is -0.313 e. The van der Waals surface area contributed by atoms with E-state index in [2.05, 4.69) is 49.9 Å². The van der Waals surface area contributed by atoms with Gasteiger partial charge in [-0.3, -0.25) is 4.79 Å². The summed E-state index contributed by atoms with van der Waals surface area (Å²) >= 11 is 0. The first-order valence-corrected chi connectivity index (χ1v) is 11.6. The molecule has 0 saturated heterocycles. The van der Waals surface area contributed by atoms with Gasteiger partial charge in [-0.2, -0.15) is 0 Å². The lowest BCUT2D eigenvalue weighted by Gasteiger charge is -2.19. The van der Waals surface area contributed by atoms with Crippen LogP contribution in [0, 0.1) is 0 Å². The molecule has 30 heavy (non-hydrogen) atoms. The smallest absolute Gasteiger partial charge is 0.210 e. The second-order valence-corrected chi connectivity index (χ2v) is 8.18. The molecule has 3 aromatic rings. The number of benzene rings is 1. The summed E-state index contributed by atoms with van der Waals surface area (Å²) in [6.07, 6.45) is 8.67. The summed E-state index contributed by atoms with van der Waals surface area (Å²) in [5.41, 5.74) is 5.14. The molecule has 0 fully saturated rings. The highest BCUT2D eigenvalue weighted by molar-refractivity contribution is 6.09.